The summed E-state index contributed by atoms with van der Waals surface area (Å²) in [5.74, 6) is -0.261. The van der Waals surface area contributed by atoms with Crippen molar-refractivity contribution in [3.8, 4) is 0 Å². The Morgan fingerprint density at radius 3 is 2.65 bits per heavy atom. The fourth-order valence-corrected chi connectivity index (χ4v) is 3.23. The summed E-state index contributed by atoms with van der Waals surface area (Å²) in [7, 11) is 0. The van der Waals surface area contributed by atoms with E-state index in [4.69, 9.17) is 0 Å². The lowest BCUT2D eigenvalue weighted by atomic mass is 9.86. The molecule has 3 heteroatoms. The quantitative estimate of drug-likeness (QED) is 0.873. The van der Waals surface area contributed by atoms with Gasteiger partial charge in [0.25, 0.3) is 0 Å². The number of rotatable bonds is 2. The number of halogens is 2. The van der Waals surface area contributed by atoms with E-state index in [0.29, 0.717) is 10.9 Å². The van der Waals surface area contributed by atoms with E-state index in [1.54, 1.807) is 6.07 Å². The van der Waals surface area contributed by atoms with Crippen molar-refractivity contribution in [2.24, 2.45) is 5.41 Å². The Kier molecular flexibility index (Phi) is 3.34. The van der Waals surface area contributed by atoms with E-state index in [9.17, 15) is 9.50 Å². The van der Waals surface area contributed by atoms with E-state index in [1.807, 2.05) is 6.07 Å². The van der Waals surface area contributed by atoms with E-state index in [2.05, 4.69) is 29.8 Å². The molecule has 1 N–H and O–H groups in total. The van der Waals surface area contributed by atoms with Gasteiger partial charge >= 0.3 is 0 Å². The molecule has 0 radical (unpaired) electrons. The smallest absolute Gasteiger partial charge is 0.137 e. The molecule has 1 aliphatic carbocycles. The zero-order valence-corrected chi connectivity index (χ0v) is 11.8. The maximum Gasteiger partial charge on any atom is 0.137 e. The number of aliphatic hydroxyl groups is 1. The minimum atomic E-state index is -0.681. The lowest BCUT2D eigenvalue weighted by Gasteiger charge is -2.25. The van der Waals surface area contributed by atoms with Gasteiger partial charge in [-0.15, -0.1) is 0 Å². The fourth-order valence-electron chi connectivity index (χ4n) is 2.83. The van der Waals surface area contributed by atoms with Crippen molar-refractivity contribution in [3.63, 3.8) is 0 Å². The van der Waals surface area contributed by atoms with Crippen LogP contribution in [0.2, 0.25) is 0 Å². The van der Waals surface area contributed by atoms with Crippen molar-refractivity contribution in [1.29, 1.82) is 0 Å². The summed E-state index contributed by atoms with van der Waals surface area (Å²) in [6.07, 6.45) is 3.12. The second-order valence-electron chi connectivity index (χ2n) is 5.96. The van der Waals surface area contributed by atoms with Crippen molar-refractivity contribution in [2.45, 2.75) is 45.1 Å². The van der Waals surface area contributed by atoms with Crippen LogP contribution in [0.1, 0.15) is 38.7 Å². The summed E-state index contributed by atoms with van der Waals surface area (Å²) < 4.78 is 13.9. The predicted molar refractivity (Wildman–Crippen MR) is 70.4 cm³/mol. The summed E-state index contributed by atoms with van der Waals surface area (Å²) in [5.41, 5.74) is 0.360. The van der Waals surface area contributed by atoms with Crippen LogP contribution >= 0.6 is 15.9 Å². The lowest BCUT2D eigenvalue weighted by Crippen LogP contribution is -2.29. The van der Waals surface area contributed by atoms with Crippen LogP contribution in [0.3, 0.4) is 0 Å². The number of hydrogen-bond acceptors (Lipinski definition) is 1. The summed E-state index contributed by atoms with van der Waals surface area (Å²) in [6, 6.07) is 4.99. The summed E-state index contributed by atoms with van der Waals surface area (Å²) in [4.78, 5) is 0. The first-order chi connectivity index (χ1) is 7.81. The van der Waals surface area contributed by atoms with Gasteiger partial charge in [-0.1, -0.05) is 26.0 Å². The highest BCUT2D eigenvalue weighted by Gasteiger charge is 2.41. The maximum atomic E-state index is 13.4. The SMILES string of the molecule is CC1(C)CCC(O)(Cc2cccc(F)c2Br)C1. The Labute approximate surface area is 110 Å². The first kappa shape index (κ1) is 13.0. The molecule has 0 heterocycles. The van der Waals surface area contributed by atoms with E-state index in [1.165, 1.54) is 6.07 Å². The second-order valence-corrected chi connectivity index (χ2v) is 6.75. The van der Waals surface area contributed by atoms with Crippen molar-refractivity contribution >= 4 is 15.9 Å². The molecule has 1 fully saturated rings. The maximum absolute atomic E-state index is 13.4. The van der Waals surface area contributed by atoms with Gasteiger partial charge in [-0.25, -0.2) is 4.39 Å². The molecule has 1 nitrogen and oxygen atoms in total. The molecule has 1 unspecified atom stereocenters. The van der Waals surface area contributed by atoms with Crippen molar-refractivity contribution in [1.82, 2.24) is 0 Å². The molecule has 17 heavy (non-hydrogen) atoms. The summed E-state index contributed by atoms with van der Waals surface area (Å²) in [6.45, 7) is 4.34. The van der Waals surface area contributed by atoms with Crippen LogP contribution in [0.25, 0.3) is 0 Å². The Balaban J connectivity index is 2.19. The predicted octanol–water partition coefficient (Wildman–Crippen LogP) is 4.07. The zero-order chi connectivity index (χ0) is 12.7. The molecular weight excluding hydrogens is 283 g/mol. The van der Waals surface area contributed by atoms with Crippen LogP contribution in [0, 0.1) is 11.2 Å². The van der Waals surface area contributed by atoms with Gasteiger partial charge in [0.1, 0.15) is 5.82 Å². The fraction of sp³-hybridized carbons (Fsp3) is 0.571. The summed E-state index contributed by atoms with van der Waals surface area (Å²) in [5, 5.41) is 10.6. The van der Waals surface area contributed by atoms with Gasteiger partial charge in [0.15, 0.2) is 0 Å². The summed E-state index contributed by atoms with van der Waals surface area (Å²) >= 11 is 3.25. The molecule has 1 aliphatic rings. The van der Waals surface area contributed by atoms with E-state index >= 15 is 0 Å². The molecule has 94 valence electrons. The van der Waals surface area contributed by atoms with Crippen LogP contribution in [-0.2, 0) is 6.42 Å². The Bertz CT molecular complexity index is 430. The minimum Gasteiger partial charge on any atom is -0.390 e. The molecule has 0 amide bonds. The van der Waals surface area contributed by atoms with Crippen LogP contribution in [0.4, 0.5) is 4.39 Å². The normalized spacial score (nSPS) is 27.4. The third-order valence-electron chi connectivity index (χ3n) is 3.63. The van der Waals surface area contributed by atoms with Gasteiger partial charge in [-0.2, -0.15) is 0 Å². The zero-order valence-electron chi connectivity index (χ0n) is 10.3. The second kappa shape index (κ2) is 4.36. The van der Waals surface area contributed by atoms with Gasteiger partial charge in [-0.05, 0) is 52.2 Å². The third kappa shape index (κ3) is 2.89. The van der Waals surface area contributed by atoms with Gasteiger partial charge in [0, 0.05) is 6.42 Å². The van der Waals surface area contributed by atoms with Crippen molar-refractivity contribution in [3.05, 3.63) is 34.1 Å². The molecule has 1 aromatic rings. The van der Waals surface area contributed by atoms with Crippen LogP contribution in [-0.4, -0.2) is 10.7 Å². The van der Waals surface area contributed by atoms with Crippen LogP contribution in [0.5, 0.6) is 0 Å². The van der Waals surface area contributed by atoms with E-state index < -0.39 is 5.60 Å². The molecule has 0 saturated heterocycles. The number of benzene rings is 1. The molecule has 0 aliphatic heterocycles. The van der Waals surface area contributed by atoms with Crippen LogP contribution in [0.15, 0.2) is 22.7 Å². The molecule has 1 aromatic carbocycles. The lowest BCUT2D eigenvalue weighted by molar-refractivity contribution is 0.0377. The molecule has 0 spiro atoms. The van der Waals surface area contributed by atoms with Crippen molar-refractivity contribution < 1.29 is 9.50 Å². The minimum absolute atomic E-state index is 0.189. The van der Waals surface area contributed by atoms with E-state index in [0.717, 1.165) is 24.8 Å². The molecule has 0 aromatic heterocycles. The average molecular weight is 301 g/mol. The first-order valence-electron chi connectivity index (χ1n) is 5.97. The average Bonchev–Trinajstić information content (AvgIpc) is 2.49. The largest absolute Gasteiger partial charge is 0.390 e. The van der Waals surface area contributed by atoms with Gasteiger partial charge < -0.3 is 5.11 Å². The molecular formula is C14H18BrFO. The molecule has 1 saturated carbocycles. The molecule has 1 atom stereocenters. The van der Waals surface area contributed by atoms with Crippen LogP contribution < -0.4 is 0 Å². The third-order valence-corrected chi connectivity index (χ3v) is 4.51. The Hall–Kier alpha value is -0.410. The van der Waals surface area contributed by atoms with Gasteiger partial charge in [0.2, 0.25) is 0 Å². The first-order valence-corrected chi connectivity index (χ1v) is 6.76. The number of hydrogen-bond donors (Lipinski definition) is 1. The molecule has 0 bridgehead atoms. The van der Waals surface area contributed by atoms with Gasteiger partial charge in [0.05, 0.1) is 10.1 Å². The molecule has 2 rings (SSSR count). The monoisotopic (exact) mass is 300 g/mol. The van der Waals surface area contributed by atoms with Gasteiger partial charge in [-0.3, -0.25) is 0 Å². The highest BCUT2D eigenvalue weighted by atomic mass is 79.9. The Morgan fingerprint density at radius 1 is 1.35 bits per heavy atom. The standard InChI is InChI=1S/C14H18BrFO/c1-13(2)6-7-14(17,9-13)8-10-4-3-5-11(16)12(10)15/h3-5,17H,6-9H2,1-2H3. The highest BCUT2D eigenvalue weighted by molar-refractivity contribution is 9.10. The highest BCUT2D eigenvalue weighted by Crippen LogP contribution is 2.45. The van der Waals surface area contributed by atoms with Crippen molar-refractivity contribution in [2.75, 3.05) is 0 Å². The Morgan fingerprint density at radius 2 is 2.06 bits per heavy atom. The topological polar surface area (TPSA) is 20.2 Å². The van der Waals surface area contributed by atoms with E-state index in [-0.39, 0.29) is 11.2 Å².